The minimum Gasteiger partial charge on any atom is -0.258 e. The molecule has 7 heteroatoms. The molecule has 1 rings (SSSR count). The van der Waals surface area contributed by atoms with Crippen molar-refractivity contribution in [2.75, 3.05) is 0 Å². The summed E-state index contributed by atoms with van der Waals surface area (Å²) in [5.74, 6) is 0. The lowest BCUT2D eigenvalue weighted by molar-refractivity contribution is -0.385. The summed E-state index contributed by atoms with van der Waals surface area (Å²) in [6.07, 6.45) is 0.637. The number of rotatable bonds is 5. The Bertz CT molecular complexity index is 594. The topological polar surface area (TPSA) is 89.3 Å². The summed E-state index contributed by atoms with van der Waals surface area (Å²) in [5, 5.41) is 10.6. The first-order valence-electron chi connectivity index (χ1n) is 5.88. The van der Waals surface area contributed by atoms with Crippen molar-refractivity contribution in [3.63, 3.8) is 0 Å². The summed E-state index contributed by atoms with van der Waals surface area (Å²) >= 11 is 0. The lowest BCUT2D eigenvalue weighted by Crippen LogP contribution is -2.42. The van der Waals surface area contributed by atoms with Crippen LogP contribution in [0.1, 0.15) is 32.8 Å². The highest BCUT2D eigenvalue weighted by molar-refractivity contribution is 7.89. The van der Waals surface area contributed by atoms with Gasteiger partial charge in [0, 0.05) is 17.7 Å². The molecule has 0 saturated heterocycles. The lowest BCUT2D eigenvalue weighted by atomic mass is 10.0. The van der Waals surface area contributed by atoms with Crippen molar-refractivity contribution in [2.45, 2.75) is 44.6 Å². The molecule has 0 amide bonds. The molecule has 0 unspecified atom stereocenters. The molecule has 0 aliphatic carbocycles. The van der Waals surface area contributed by atoms with Crippen molar-refractivity contribution in [1.82, 2.24) is 4.72 Å². The van der Waals surface area contributed by atoms with Gasteiger partial charge in [-0.1, -0.05) is 6.92 Å². The van der Waals surface area contributed by atoms with E-state index in [-0.39, 0.29) is 10.6 Å². The maximum Gasteiger partial charge on any atom is 0.269 e. The van der Waals surface area contributed by atoms with E-state index < -0.39 is 20.5 Å². The second kappa shape index (κ2) is 5.26. The van der Waals surface area contributed by atoms with Crippen LogP contribution in [0, 0.1) is 17.0 Å². The van der Waals surface area contributed by atoms with E-state index in [0.29, 0.717) is 12.0 Å². The number of hydrogen-bond donors (Lipinski definition) is 1. The highest BCUT2D eigenvalue weighted by Gasteiger charge is 2.26. The molecule has 0 heterocycles. The Labute approximate surface area is 113 Å². The third-order valence-electron chi connectivity index (χ3n) is 2.95. The second-order valence-corrected chi connectivity index (χ2v) is 6.70. The molecular weight excluding hydrogens is 268 g/mol. The van der Waals surface area contributed by atoms with Crippen molar-refractivity contribution in [2.24, 2.45) is 0 Å². The van der Waals surface area contributed by atoms with Gasteiger partial charge in [0.25, 0.3) is 5.69 Å². The van der Waals surface area contributed by atoms with Crippen molar-refractivity contribution in [3.8, 4) is 0 Å². The minimum atomic E-state index is -3.68. The van der Waals surface area contributed by atoms with E-state index in [0.717, 1.165) is 0 Å². The molecule has 19 heavy (non-hydrogen) atoms. The molecule has 0 atom stereocenters. The average Bonchev–Trinajstić information content (AvgIpc) is 2.27. The molecule has 0 spiro atoms. The quantitative estimate of drug-likeness (QED) is 0.664. The monoisotopic (exact) mass is 286 g/mol. The van der Waals surface area contributed by atoms with Crippen molar-refractivity contribution < 1.29 is 13.3 Å². The number of benzene rings is 1. The number of nitro benzene ring substituents is 1. The molecular formula is C12H18N2O4S. The number of non-ortho nitro benzene ring substituents is 1. The standard InChI is InChI=1S/C12H18N2O4S/c1-5-12(3,4)13-19(17,18)11-7-6-10(14(15)16)8-9(11)2/h6-8,13H,5H2,1-4H3. The van der Waals surface area contributed by atoms with Gasteiger partial charge >= 0.3 is 0 Å². The van der Waals surface area contributed by atoms with Gasteiger partial charge in [-0.2, -0.15) is 0 Å². The molecule has 0 aliphatic heterocycles. The summed E-state index contributed by atoms with van der Waals surface area (Å²) < 4.78 is 27.0. The van der Waals surface area contributed by atoms with Crippen molar-refractivity contribution in [1.29, 1.82) is 0 Å². The van der Waals surface area contributed by atoms with Crippen LogP contribution in [0.4, 0.5) is 5.69 Å². The largest absolute Gasteiger partial charge is 0.269 e. The summed E-state index contributed by atoms with van der Waals surface area (Å²) in [5.41, 5.74) is -0.327. The fourth-order valence-electron chi connectivity index (χ4n) is 1.54. The first kappa shape index (κ1) is 15.6. The SMILES string of the molecule is CCC(C)(C)NS(=O)(=O)c1ccc([N+](=O)[O-])cc1C. The maximum absolute atomic E-state index is 12.2. The van der Waals surface area contributed by atoms with Crippen LogP contribution in [0.25, 0.3) is 0 Å². The first-order chi connectivity index (χ1) is 8.59. The zero-order valence-corrected chi connectivity index (χ0v) is 12.2. The molecule has 1 N–H and O–H groups in total. The first-order valence-corrected chi connectivity index (χ1v) is 7.36. The van der Waals surface area contributed by atoms with Gasteiger partial charge in [0.05, 0.1) is 9.82 Å². The Morgan fingerprint density at radius 2 is 1.95 bits per heavy atom. The summed E-state index contributed by atoms with van der Waals surface area (Å²) in [4.78, 5) is 10.2. The number of hydrogen-bond acceptors (Lipinski definition) is 4. The summed E-state index contributed by atoms with van der Waals surface area (Å²) in [6, 6.07) is 3.72. The van der Waals surface area contributed by atoms with E-state index in [1.165, 1.54) is 18.2 Å². The molecule has 0 bridgehead atoms. The van der Waals surface area contributed by atoms with Gasteiger partial charge in [-0.3, -0.25) is 10.1 Å². The third-order valence-corrected chi connectivity index (χ3v) is 4.81. The molecule has 106 valence electrons. The van der Waals surface area contributed by atoms with Crippen LogP contribution < -0.4 is 4.72 Å². The smallest absolute Gasteiger partial charge is 0.258 e. The van der Waals surface area contributed by atoms with E-state index in [2.05, 4.69) is 4.72 Å². The fourth-order valence-corrected chi connectivity index (χ4v) is 3.25. The Morgan fingerprint density at radius 3 is 2.37 bits per heavy atom. The van der Waals surface area contributed by atoms with Gasteiger partial charge in [0.2, 0.25) is 10.0 Å². The van der Waals surface area contributed by atoms with E-state index in [1.54, 1.807) is 20.8 Å². The van der Waals surface area contributed by atoms with Crippen LogP contribution >= 0.6 is 0 Å². The molecule has 0 radical (unpaired) electrons. The predicted octanol–water partition coefficient (Wildman–Crippen LogP) is 2.37. The Balaban J connectivity index is 3.20. The number of sulfonamides is 1. The Hall–Kier alpha value is -1.47. The van der Waals surface area contributed by atoms with Gasteiger partial charge < -0.3 is 0 Å². The lowest BCUT2D eigenvalue weighted by Gasteiger charge is -2.24. The van der Waals surface area contributed by atoms with Crippen LogP contribution in [0.2, 0.25) is 0 Å². The van der Waals surface area contributed by atoms with Crippen LogP contribution in [-0.4, -0.2) is 18.9 Å². The van der Waals surface area contributed by atoms with Crippen molar-refractivity contribution >= 4 is 15.7 Å². The summed E-state index contributed by atoms with van der Waals surface area (Å²) in [6.45, 7) is 6.99. The molecule has 0 aliphatic rings. The maximum atomic E-state index is 12.2. The second-order valence-electron chi connectivity index (χ2n) is 5.05. The zero-order valence-electron chi connectivity index (χ0n) is 11.4. The molecule has 6 nitrogen and oxygen atoms in total. The van der Waals surface area contributed by atoms with Gasteiger partial charge in [-0.05, 0) is 38.8 Å². The summed E-state index contributed by atoms with van der Waals surface area (Å²) in [7, 11) is -3.68. The normalized spacial score (nSPS) is 12.4. The Morgan fingerprint density at radius 1 is 1.37 bits per heavy atom. The number of nitrogens with zero attached hydrogens (tertiary/aromatic N) is 1. The molecule has 0 aromatic heterocycles. The molecule has 1 aromatic rings. The molecule has 0 saturated carbocycles. The number of nitrogens with one attached hydrogen (secondary N) is 1. The zero-order chi connectivity index (χ0) is 14.8. The predicted molar refractivity (Wildman–Crippen MR) is 72.5 cm³/mol. The van der Waals surface area contributed by atoms with Crippen LogP contribution in [-0.2, 0) is 10.0 Å². The number of nitro groups is 1. The van der Waals surface area contributed by atoms with Crippen LogP contribution in [0.3, 0.4) is 0 Å². The number of aryl methyl sites for hydroxylation is 1. The molecule has 1 aromatic carbocycles. The fraction of sp³-hybridized carbons (Fsp3) is 0.500. The van der Waals surface area contributed by atoms with Gasteiger partial charge in [-0.25, -0.2) is 13.1 Å². The highest BCUT2D eigenvalue weighted by atomic mass is 32.2. The highest BCUT2D eigenvalue weighted by Crippen LogP contribution is 2.22. The van der Waals surface area contributed by atoms with Gasteiger partial charge in [-0.15, -0.1) is 0 Å². The van der Waals surface area contributed by atoms with Gasteiger partial charge in [0.15, 0.2) is 0 Å². The van der Waals surface area contributed by atoms with Crippen LogP contribution in [0.15, 0.2) is 23.1 Å². The van der Waals surface area contributed by atoms with Crippen LogP contribution in [0.5, 0.6) is 0 Å². The van der Waals surface area contributed by atoms with E-state index in [4.69, 9.17) is 0 Å². The van der Waals surface area contributed by atoms with E-state index >= 15 is 0 Å². The average molecular weight is 286 g/mol. The minimum absolute atomic E-state index is 0.0691. The van der Waals surface area contributed by atoms with Gasteiger partial charge in [0.1, 0.15) is 0 Å². The Kier molecular flexibility index (Phi) is 4.32. The van der Waals surface area contributed by atoms with Crippen molar-refractivity contribution in [3.05, 3.63) is 33.9 Å². The van der Waals surface area contributed by atoms with E-state index in [1.807, 2.05) is 6.92 Å². The third kappa shape index (κ3) is 3.74. The van der Waals surface area contributed by atoms with E-state index in [9.17, 15) is 18.5 Å². The molecule has 0 fully saturated rings.